The van der Waals surface area contributed by atoms with Crippen molar-refractivity contribution in [3.05, 3.63) is 53.1 Å². The van der Waals surface area contributed by atoms with Gasteiger partial charge in [-0.25, -0.2) is 0 Å². The number of nitrogens with one attached hydrogen (secondary N) is 1. The second-order valence-corrected chi connectivity index (χ2v) is 5.97. The number of hydrogen-bond donors (Lipinski definition) is 1. The molecule has 2 aromatic carbocycles. The SMILES string of the molecule is CN1C(=O)CCOc2ccc(CC(=O)Nc3ccccc3Cl)cc21. The molecule has 0 saturated carbocycles. The van der Waals surface area contributed by atoms with E-state index in [1.807, 2.05) is 18.2 Å². The molecule has 0 radical (unpaired) electrons. The van der Waals surface area contributed by atoms with E-state index in [-0.39, 0.29) is 18.2 Å². The first-order valence-corrected chi connectivity index (χ1v) is 7.99. The highest BCUT2D eigenvalue weighted by molar-refractivity contribution is 6.33. The molecule has 0 bridgehead atoms. The highest BCUT2D eigenvalue weighted by atomic mass is 35.5. The van der Waals surface area contributed by atoms with Gasteiger partial charge in [-0.3, -0.25) is 9.59 Å². The quantitative estimate of drug-likeness (QED) is 0.929. The number of ether oxygens (including phenoxy) is 1. The Labute approximate surface area is 145 Å². The third-order valence-corrected chi connectivity index (χ3v) is 4.17. The summed E-state index contributed by atoms with van der Waals surface area (Å²) in [5.74, 6) is 0.469. The van der Waals surface area contributed by atoms with Crippen LogP contribution in [-0.4, -0.2) is 25.5 Å². The summed E-state index contributed by atoms with van der Waals surface area (Å²) >= 11 is 6.04. The van der Waals surface area contributed by atoms with Crippen LogP contribution in [-0.2, 0) is 16.0 Å². The van der Waals surface area contributed by atoms with E-state index in [2.05, 4.69) is 5.32 Å². The molecule has 124 valence electrons. The molecule has 24 heavy (non-hydrogen) atoms. The van der Waals surface area contributed by atoms with Gasteiger partial charge in [0.15, 0.2) is 0 Å². The lowest BCUT2D eigenvalue weighted by molar-refractivity contribution is -0.118. The fourth-order valence-electron chi connectivity index (χ4n) is 2.55. The van der Waals surface area contributed by atoms with Crippen LogP contribution >= 0.6 is 11.6 Å². The minimum absolute atomic E-state index is 0.00795. The number of benzene rings is 2. The van der Waals surface area contributed by atoms with Crippen LogP contribution in [0.25, 0.3) is 0 Å². The second kappa shape index (κ2) is 6.93. The molecule has 1 aliphatic rings. The molecular weight excluding hydrogens is 328 g/mol. The van der Waals surface area contributed by atoms with Crippen LogP contribution in [0.15, 0.2) is 42.5 Å². The molecule has 1 heterocycles. The van der Waals surface area contributed by atoms with Crippen LogP contribution in [0, 0.1) is 0 Å². The number of hydrogen-bond acceptors (Lipinski definition) is 3. The smallest absolute Gasteiger partial charge is 0.230 e. The average molecular weight is 345 g/mol. The van der Waals surface area contributed by atoms with Gasteiger partial charge in [0, 0.05) is 7.05 Å². The second-order valence-electron chi connectivity index (χ2n) is 5.56. The molecule has 2 amide bonds. The zero-order valence-electron chi connectivity index (χ0n) is 13.2. The Kier molecular flexibility index (Phi) is 4.71. The van der Waals surface area contributed by atoms with E-state index in [1.54, 1.807) is 36.2 Å². The summed E-state index contributed by atoms with van der Waals surface area (Å²) < 4.78 is 5.58. The lowest BCUT2D eigenvalue weighted by atomic mass is 10.1. The Balaban J connectivity index is 1.76. The highest BCUT2D eigenvalue weighted by Gasteiger charge is 2.20. The normalized spacial score (nSPS) is 13.8. The van der Waals surface area contributed by atoms with Crippen molar-refractivity contribution >= 4 is 34.8 Å². The summed E-state index contributed by atoms with van der Waals surface area (Å²) in [5, 5.41) is 3.28. The number of anilines is 2. The first-order chi connectivity index (χ1) is 11.5. The maximum absolute atomic E-state index is 12.2. The molecule has 6 heteroatoms. The van der Waals surface area contributed by atoms with Crippen LogP contribution in [0.2, 0.25) is 5.02 Å². The highest BCUT2D eigenvalue weighted by Crippen LogP contribution is 2.31. The zero-order valence-corrected chi connectivity index (χ0v) is 14.0. The van der Waals surface area contributed by atoms with E-state index in [1.165, 1.54) is 0 Å². The van der Waals surface area contributed by atoms with Gasteiger partial charge in [-0.05, 0) is 29.8 Å². The van der Waals surface area contributed by atoms with Gasteiger partial charge in [-0.2, -0.15) is 0 Å². The molecular formula is C18H17ClN2O3. The van der Waals surface area contributed by atoms with E-state index in [9.17, 15) is 9.59 Å². The van der Waals surface area contributed by atoms with Crippen molar-refractivity contribution in [2.24, 2.45) is 0 Å². The lowest BCUT2D eigenvalue weighted by Crippen LogP contribution is -2.25. The Morgan fingerprint density at radius 3 is 2.88 bits per heavy atom. The van der Waals surface area contributed by atoms with E-state index in [4.69, 9.17) is 16.3 Å². The Morgan fingerprint density at radius 1 is 1.29 bits per heavy atom. The van der Waals surface area contributed by atoms with Crippen molar-refractivity contribution in [3.63, 3.8) is 0 Å². The van der Waals surface area contributed by atoms with E-state index >= 15 is 0 Å². The van der Waals surface area contributed by atoms with Crippen LogP contribution in [0.5, 0.6) is 5.75 Å². The molecule has 0 spiro atoms. The van der Waals surface area contributed by atoms with Crippen LogP contribution < -0.4 is 15.0 Å². The van der Waals surface area contributed by atoms with Gasteiger partial charge in [0.1, 0.15) is 5.75 Å². The Bertz CT molecular complexity index is 792. The molecule has 5 nitrogen and oxygen atoms in total. The summed E-state index contributed by atoms with van der Waals surface area (Å²) in [7, 11) is 1.71. The van der Waals surface area contributed by atoms with Gasteiger partial charge in [0.05, 0.1) is 35.8 Å². The van der Waals surface area contributed by atoms with Crippen LogP contribution in [0.1, 0.15) is 12.0 Å². The first kappa shape index (κ1) is 16.3. The average Bonchev–Trinajstić information content (AvgIpc) is 2.70. The topological polar surface area (TPSA) is 58.6 Å². The molecule has 0 aromatic heterocycles. The minimum Gasteiger partial charge on any atom is -0.491 e. The summed E-state index contributed by atoms with van der Waals surface area (Å²) in [6.07, 6.45) is 0.522. The number of amides is 2. The predicted octanol–water partition coefficient (Wildman–Crippen LogP) is 3.27. The predicted molar refractivity (Wildman–Crippen MR) is 93.7 cm³/mol. The summed E-state index contributed by atoms with van der Waals surface area (Å²) in [4.78, 5) is 25.7. The van der Waals surface area contributed by atoms with Gasteiger partial charge in [0.25, 0.3) is 0 Å². The van der Waals surface area contributed by atoms with E-state index < -0.39 is 0 Å². The van der Waals surface area contributed by atoms with Crippen molar-refractivity contribution in [3.8, 4) is 5.75 Å². The molecule has 1 aliphatic heterocycles. The van der Waals surface area contributed by atoms with Crippen molar-refractivity contribution in [2.75, 3.05) is 23.9 Å². The summed E-state index contributed by atoms with van der Waals surface area (Å²) in [6, 6.07) is 12.5. The molecule has 0 fully saturated rings. The van der Waals surface area contributed by atoms with Gasteiger partial charge < -0.3 is 15.0 Å². The minimum atomic E-state index is -0.174. The maximum Gasteiger partial charge on any atom is 0.230 e. The molecule has 1 N–H and O–H groups in total. The van der Waals surface area contributed by atoms with Gasteiger partial charge in [-0.1, -0.05) is 29.8 Å². The summed E-state index contributed by atoms with van der Waals surface area (Å²) in [5.41, 5.74) is 2.05. The Hall–Kier alpha value is -2.53. The number of nitrogens with zero attached hydrogens (tertiary/aromatic N) is 1. The molecule has 3 rings (SSSR count). The van der Waals surface area contributed by atoms with E-state index in [0.29, 0.717) is 35.2 Å². The lowest BCUT2D eigenvalue weighted by Gasteiger charge is -2.17. The molecule has 2 aromatic rings. The van der Waals surface area contributed by atoms with Gasteiger partial charge in [0.2, 0.25) is 11.8 Å². The van der Waals surface area contributed by atoms with Crippen molar-refractivity contribution in [1.29, 1.82) is 0 Å². The molecule has 0 saturated heterocycles. The number of para-hydroxylation sites is 1. The zero-order chi connectivity index (χ0) is 17.1. The number of fused-ring (bicyclic) bond motifs is 1. The number of rotatable bonds is 3. The van der Waals surface area contributed by atoms with E-state index in [0.717, 1.165) is 5.56 Å². The number of halogens is 1. The fraction of sp³-hybridized carbons (Fsp3) is 0.222. The van der Waals surface area contributed by atoms with Gasteiger partial charge >= 0.3 is 0 Å². The molecule has 0 unspecified atom stereocenters. The third-order valence-electron chi connectivity index (χ3n) is 3.84. The maximum atomic E-state index is 12.2. The Morgan fingerprint density at radius 2 is 2.08 bits per heavy atom. The fourth-order valence-corrected chi connectivity index (χ4v) is 2.73. The number of carbonyl (C=O) groups is 2. The van der Waals surface area contributed by atoms with Crippen LogP contribution in [0.3, 0.4) is 0 Å². The van der Waals surface area contributed by atoms with Crippen molar-refractivity contribution in [2.45, 2.75) is 12.8 Å². The van der Waals surface area contributed by atoms with Crippen LogP contribution in [0.4, 0.5) is 11.4 Å². The molecule has 0 aliphatic carbocycles. The standard InChI is InChI=1S/C18H17ClN2O3/c1-21-15-10-12(6-7-16(15)24-9-8-18(21)23)11-17(22)20-14-5-3-2-4-13(14)19/h2-7,10H,8-9,11H2,1H3,(H,20,22). The summed E-state index contributed by atoms with van der Waals surface area (Å²) in [6.45, 7) is 0.364. The monoisotopic (exact) mass is 344 g/mol. The molecule has 0 atom stereocenters. The number of carbonyl (C=O) groups excluding carboxylic acids is 2. The van der Waals surface area contributed by atoms with Crippen molar-refractivity contribution < 1.29 is 14.3 Å². The third kappa shape index (κ3) is 3.51. The van der Waals surface area contributed by atoms with Gasteiger partial charge in [-0.15, -0.1) is 0 Å². The van der Waals surface area contributed by atoms with Crippen molar-refractivity contribution in [1.82, 2.24) is 0 Å². The largest absolute Gasteiger partial charge is 0.491 e. The first-order valence-electron chi connectivity index (χ1n) is 7.61.